The molecule has 1 rings (SSSR count). The van der Waals surface area contributed by atoms with E-state index in [1.807, 2.05) is 0 Å². The van der Waals surface area contributed by atoms with Crippen LogP contribution in [0.25, 0.3) is 0 Å². The standard InChI is InChI=1S/C8H4ClFO3/c9-6-2-5(10)1-4(3-11)7(6)8(12)13/h1-3H,(H,12,13). The Morgan fingerprint density at radius 1 is 1.54 bits per heavy atom. The first kappa shape index (κ1) is 9.67. The summed E-state index contributed by atoms with van der Waals surface area (Å²) in [5.74, 6) is -2.09. The summed E-state index contributed by atoms with van der Waals surface area (Å²) in [6.45, 7) is 0. The van der Waals surface area contributed by atoms with Crippen LogP contribution in [0.15, 0.2) is 12.1 Å². The highest BCUT2D eigenvalue weighted by Crippen LogP contribution is 2.20. The van der Waals surface area contributed by atoms with Gasteiger partial charge in [0.15, 0.2) is 6.29 Å². The summed E-state index contributed by atoms with van der Waals surface area (Å²) in [4.78, 5) is 20.9. The van der Waals surface area contributed by atoms with Gasteiger partial charge in [-0.3, -0.25) is 4.79 Å². The quantitative estimate of drug-likeness (QED) is 0.747. The summed E-state index contributed by atoms with van der Waals surface area (Å²) in [6, 6.07) is 1.67. The lowest BCUT2D eigenvalue weighted by atomic mass is 10.1. The van der Waals surface area contributed by atoms with Crippen molar-refractivity contribution in [1.29, 1.82) is 0 Å². The monoisotopic (exact) mass is 202 g/mol. The minimum atomic E-state index is -1.35. The maximum atomic E-state index is 12.6. The molecule has 0 fully saturated rings. The number of aldehydes is 1. The summed E-state index contributed by atoms with van der Waals surface area (Å²) < 4.78 is 12.6. The molecule has 0 aliphatic carbocycles. The zero-order valence-corrected chi connectivity index (χ0v) is 7.01. The zero-order chi connectivity index (χ0) is 10.0. The average molecular weight is 203 g/mol. The predicted octanol–water partition coefficient (Wildman–Crippen LogP) is 1.99. The fourth-order valence-electron chi connectivity index (χ4n) is 0.912. The van der Waals surface area contributed by atoms with Crippen LogP contribution >= 0.6 is 11.6 Å². The van der Waals surface area contributed by atoms with Gasteiger partial charge in [0.1, 0.15) is 5.82 Å². The third-order valence-electron chi connectivity index (χ3n) is 1.43. The number of carbonyl (C=O) groups excluding carboxylic acids is 1. The highest BCUT2D eigenvalue weighted by molar-refractivity contribution is 6.34. The van der Waals surface area contributed by atoms with Crippen molar-refractivity contribution in [2.24, 2.45) is 0 Å². The number of aromatic carboxylic acids is 1. The molecule has 3 nitrogen and oxygen atoms in total. The van der Waals surface area contributed by atoms with E-state index in [1.54, 1.807) is 0 Å². The van der Waals surface area contributed by atoms with Crippen molar-refractivity contribution in [3.63, 3.8) is 0 Å². The Bertz CT molecular complexity index is 376. The van der Waals surface area contributed by atoms with Crippen LogP contribution in [0, 0.1) is 5.82 Å². The van der Waals surface area contributed by atoms with Gasteiger partial charge in [-0.05, 0) is 12.1 Å². The maximum Gasteiger partial charge on any atom is 0.337 e. The Balaban J connectivity index is 3.47. The van der Waals surface area contributed by atoms with Gasteiger partial charge in [-0.2, -0.15) is 0 Å². The second-order valence-electron chi connectivity index (χ2n) is 2.27. The summed E-state index contributed by atoms with van der Waals surface area (Å²) in [5, 5.41) is 8.32. The van der Waals surface area contributed by atoms with Gasteiger partial charge in [0.05, 0.1) is 10.6 Å². The van der Waals surface area contributed by atoms with Crippen LogP contribution in [0.4, 0.5) is 4.39 Å². The molecule has 5 heteroatoms. The molecule has 0 aromatic heterocycles. The lowest BCUT2D eigenvalue weighted by Crippen LogP contribution is -2.03. The fraction of sp³-hybridized carbons (Fsp3) is 0. The Kier molecular flexibility index (Phi) is 2.63. The molecule has 1 aromatic rings. The Morgan fingerprint density at radius 2 is 2.15 bits per heavy atom. The van der Waals surface area contributed by atoms with Crippen molar-refractivity contribution in [2.45, 2.75) is 0 Å². The van der Waals surface area contributed by atoms with Crippen LogP contribution in [0.5, 0.6) is 0 Å². The topological polar surface area (TPSA) is 54.4 Å². The summed E-state index contributed by atoms with van der Waals surface area (Å²) in [5.41, 5.74) is -0.643. The molecule has 0 saturated carbocycles. The van der Waals surface area contributed by atoms with Crippen LogP contribution < -0.4 is 0 Å². The molecule has 0 aliphatic heterocycles. The van der Waals surface area contributed by atoms with Crippen LogP contribution in [0.3, 0.4) is 0 Å². The Morgan fingerprint density at radius 3 is 2.62 bits per heavy atom. The smallest absolute Gasteiger partial charge is 0.337 e. The number of hydrogen-bond donors (Lipinski definition) is 1. The van der Waals surface area contributed by atoms with Gasteiger partial charge in [-0.1, -0.05) is 11.6 Å². The first-order valence-corrected chi connectivity index (χ1v) is 3.61. The third-order valence-corrected chi connectivity index (χ3v) is 1.72. The third kappa shape index (κ3) is 1.84. The zero-order valence-electron chi connectivity index (χ0n) is 6.25. The second-order valence-corrected chi connectivity index (χ2v) is 2.68. The predicted molar refractivity (Wildman–Crippen MR) is 43.8 cm³/mol. The minimum absolute atomic E-state index is 0.248. The van der Waals surface area contributed by atoms with Gasteiger partial charge >= 0.3 is 5.97 Å². The second kappa shape index (κ2) is 3.53. The van der Waals surface area contributed by atoms with Gasteiger partial charge in [-0.15, -0.1) is 0 Å². The average Bonchev–Trinajstić information content (AvgIpc) is 2.01. The Hall–Kier alpha value is -1.42. The SMILES string of the molecule is O=Cc1cc(F)cc(Cl)c1C(=O)O. The molecular weight excluding hydrogens is 199 g/mol. The molecule has 68 valence electrons. The summed E-state index contributed by atoms with van der Waals surface area (Å²) >= 11 is 5.43. The first-order valence-electron chi connectivity index (χ1n) is 3.23. The number of rotatable bonds is 2. The molecule has 0 unspecified atom stereocenters. The van der Waals surface area contributed by atoms with E-state index in [-0.39, 0.29) is 22.4 Å². The number of benzene rings is 1. The molecule has 0 atom stereocenters. The van der Waals surface area contributed by atoms with E-state index in [0.717, 1.165) is 12.1 Å². The normalized spacial score (nSPS) is 9.69. The minimum Gasteiger partial charge on any atom is -0.478 e. The molecule has 1 N–H and O–H groups in total. The summed E-state index contributed by atoms with van der Waals surface area (Å²) in [7, 11) is 0. The molecule has 0 saturated heterocycles. The van der Waals surface area contributed by atoms with Gasteiger partial charge in [-0.25, -0.2) is 9.18 Å². The molecule has 0 heterocycles. The number of carboxylic acids is 1. The van der Waals surface area contributed by atoms with Crippen LogP contribution in [-0.2, 0) is 0 Å². The van der Waals surface area contributed by atoms with Crippen molar-refractivity contribution in [3.8, 4) is 0 Å². The van der Waals surface area contributed by atoms with Crippen molar-refractivity contribution in [3.05, 3.63) is 34.1 Å². The van der Waals surface area contributed by atoms with E-state index in [2.05, 4.69) is 0 Å². The van der Waals surface area contributed by atoms with Crippen molar-refractivity contribution < 1.29 is 19.1 Å². The summed E-state index contributed by atoms with van der Waals surface area (Å²) in [6.07, 6.45) is 0.248. The number of halogens is 2. The van der Waals surface area contributed by atoms with Gasteiger partial charge in [0.25, 0.3) is 0 Å². The molecule has 0 aliphatic rings. The molecule has 0 amide bonds. The van der Waals surface area contributed by atoms with E-state index in [4.69, 9.17) is 16.7 Å². The largest absolute Gasteiger partial charge is 0.478 e. The number of carbonyl (C=O) groups is 2. The van der Waals surface area contributed by atoms with E-state index < -0.39 is 11.8 Å². The van der Waals surface area contributed by atoms with Crippen LogP contribution in [0.2, 0.25) is 5.02 Å². The van der Waals surface area contributed by atoms with E-state index in [9.17, 15) is 14.0 Å². The fourth-order valence-corrected chi connectivity index (χ4v) is 1.21. The van der Waals surface area contributed by atoms with Crippen molar-refractivity contribution in [1.82, 2.24) is 0 Å². The molecule has 0 spiro atoms. The molecule has 1 aromatic carbocycles. The molecular formula is C8H4ClFO3. The van der Waals surface area contributed by atoms with E-state index in [1.165, 1.54) is 0 Å². The van der Waals surface area contributed by atoms with Gasteiger partial charge in [0.2, 0.25) is 0 Å². The maximum absolute atomic E-state index is 12.6. The molecule has 0 radical (unpaired) electrons. The molecule has 0 bridgehead atoms. The van der Waals surface area contributed by atoms with Crippen LogP contribution in [-0.4, -0.2) is 17.4 Å². The highest BCUT2D eigenvalue weighted by atomic mass is 35.5. The molecule has 13 heavy (non-hydrogen) atoms. The Labute approximate surface area is 77.7 Å². The number of carboxylic acid groups (broad SMARTS) is 1. The highest BCUT2D eigenvalue weighted by Gasteiger charge is 2.15. The lowest BCUT2D eigenvalue weighted by molar-refractivity contribution is 0.0694. The van der Waals surface area contributed by atoms with Crippen molar-refractivity contribution >= 4 is 23.9 Å². The van der Waals surface area contributed by atoms with Crippen LogP contribution in [0.1, 0.15) is 20.7 Å². The van der Waals surface area contributed by atoms with Gasteiger partial charge in [0, 0.05) is 5.56 Å². The lowest BCUT2D eigenvalue weighted by Gasteiger charge is -2.01. The van der Waals surface area contributed by atoms with Gasteiger partial charge < -0.3 is 5.11 Å². The van der Waals surface area contributed by atoms with Crippen molar-refractivity contribution in [2.75, 3.05) is 0 Å². The first-order chi connectivity index (χ1) is 6.06. The van der Waals surface area contributed by atoms with E-state index in [0.29, 0.717) is 0 Å². The van der Waals surface area contributed by atoms with E-state index >= 15 is 0 Å². The number of hydrogen-bond acceptors (Lipinski definition) is 2.